The number of thioether (sulfide) groups is 1. The van der Waals surface area contributed by atoms with E-state index < -0.39 is 0 Å². The van der Waals surface area contributed by atoms with Gasteiger partial charge in [-0.15, -0.1) is 11.8 Å². The van der Waals surface area contributed by atoms with Gasteiger partial charge in [0.05, 0.1) is 19.5 Å². The van der Waals surface area contributed by atoms with Crippen LogP contribution in [0.25, 0.3) is 0 Å². The molecule has 0 amide bonds. The number of carbonyl (C=O) groups excluding carboxylic acids is 1. The smallest absolute Gasteiger partial charge is 0.315 e. The first kappa shape index (κ1) is 12.1. The van der Waals surface area contributed by atoms with E-state index in [2.05, 4.69) is 4.74 Å². The highest BCUT2D eigenvalue weighted by atomic mass is 32.2. The van der Waals surface area contributed by atoms with Crippen LogP contribution in [-0.4, -0.2) is 23.9 Å². The van der Waals surface area contributed by atoms with E-state index >= 15 is 0 Å². The number of aliphatic hydroxyl groups is 1. The first-order valence-corrected chi connectivity index (χ1v) is 5.56. The van der Waals surface area contributed by atoms with E-state index in [1.54, 1.807) is 0 Å². The molecule has 4 heteroatoms. The molecule has 0 aliphatic heterocycles. The van der Waals surface area contributed by atoms with E-state index in [9.17, 15) is 4.79 Å². The average Bonchev–Trinajstić information content (AvgIpc) is 2.27. The van der Waals surface area contributed by atoms with Crippen LogP contribution in [0.4, 0.5) is 0 Å². The summed E-state index contributed by atoms with van der Waals surface area (Å²) in [5.41, 5.74) is 1.92. The van der Waals surface area contributed by atoms with Crippen molar-refractivity contribution >= 4 is 17.7 Å². The lowest BCUT2D eigenvalue weighted by atomic mass is 10.1. The molecule has 0 spiro atoms. The van der Waals surface area contributed by atoms with E-state index in [1.807, 2.05) is 25.1 Å². The van der Waals surface area contributed by atoms with E-state index in [0.29, 0.717) is 5.75 Å². The second-order valence-corrected chi connectivity index (χ2v) is 4.08. The predicted octanol–water partition coefficient (Wildman–Crippen LogP) is 1.75. The molecule has 0 unspecified atom stereocenters. The molecule has 0 aliphatic rings. The van der Waals surface area contributed by atoms with Crippen molar-refractivity contribution in [1.82, 2.24) is 0 Å². The van der Waals surface area contributed by atoms with Crippen molar-refractivity contribution in [1.29, 1.82) is 0 Å². The molecule has 1 aromatic carbocycles. The minimum absolute atomic E-state index is 0.0262. The van der Waals surface area contributed by atoms with E-state index in [1.165, 1.54) is 18.9 Å². The Bertz CT molecular complexity index is 350. The lowest BCUT2D eigenvalue weighted by molar-refractivity contribution is -0.137. The van der Waals surface area contributed by atoms with Crippen molar-refractivity contribution in [2.45, 2.75) is 18.4 Å². The van der Waals surface area contributed by atoms with Crippen LogP contribution in [0.5, 0.6) is 0 Å². The molecule has 1 aromatic rings. The van der Waals surface area contributed by atoms with Gasteiger partial charge < -0.3 is 9.84 Å². The van der Waals surface area contributed by atoms with Crippen LogP contribution in [-0.2, 0) is 16.1 Å². The summed E-state index contributed by atoms with van der Waals surface area (Å²) >= 11 is 1.42. The summed E-state index contributed by atoms with van der Waals surface area (Å²) in [7, 11) is 1.37. The lowest BCUT2D eigenvalue weighted by Crippen LogP contribution is -2.03. The van der Waals surface area contributed by atoms with Crippen LogP contribution in [0.3, 0.4) is 0 Å². The number of ether oxygens (including phenoxy) is 1. The first-order valence-electron chi connectivity index (χ1n) is 4.58. The van der Waals surface area contributed by atoms with Crippen molar-refractivity contribution in [3.05, 3.63) is 29.3 Å². The third kappa shape index (κ3) is 3.25. The van der Waals surface area contributed by atoms with Crippen LogP contribution in [0.2, 0.25) is 0 Å². The second-order valence-electron chi connectivity index (χ2n) is 3.06. The monoisotopic (exact) mass is 226 g/mol. The molecule has 82 valence electrons. The number of hydrogen-bond donors (Lipinski definition) is 1. The zero-order chi connectivity index (χ0) is 11.3. The predicted molar refractivity (Wildman–Crippen MR) is 59.8 cm³/mol. The second kappa shape index (κ2) is 5.78. The van der Waals surface area contributed by atoms with Crippen LogP contribution in [0.1, 0.15) is 11.1 Å². The van der Waals surface area contributed by atoms with Crippen LogP contribution < -0.4 is 0 Å². The van der Waals surface area contributed by atoms with Gasteiger partial charge in [-0.05, 0) is 24.1 Å². The molecular formula is C11H14O3S. The Labute approximate surface area is 93.4 Å². The number of aliphatic hydroxyl groups excluding tert-OH is 1. The summed E-state index contributed by atoms with van der Waals surface area (Å²) in [5.74, 6) is 0.0560. The molecular weight excluding hydrogens is 212 g/mol. The fourth-order valence-electron chi connectivity index (χ4n) is 1.18. The Hall–Kier alpha value is -1.00. The molecule has 0 saturated heterocycles. The molecule has 0 saturated carbocycles. The first-order chi connectivity index (χ1) is 7.19. The Morgan fingerprint density at radius 3 is 2.87 bits per heavy atom. The quantitative estimate of drug-likeness (QED) is 0.627. The van der Waals surface area contributed by atoms with E-state index in [4.69, 9.17) is 5.11 Å². The molecule has 0 heterocycles. The van der Waals surface area contributed by atoms with E-state index in [-0.39, 0.29) is 12.6 Å². The zero-order valence-electron chi connectivity index (χ0n) is 8.82. The maximum Gasteiger partial charge on any atom is 0.315 e. The maximum absolute atomic E-state index is 11.0. The normalized spacial score (nSPS) is 10.1. The SMILES string of the molecule is COC(=O)CSc1cccc(CO)c1C. The van der Waals surface area contributed by atoms with Gasteiger partial charge in [0.15, 0.2) is 0 Å². The van der Waals surface area contributed by atoms with Crippen LogP contribution in [0.15, 0.2) is 23.1 Å². The fraction of sp³-hybridized carbons (Fsp3) is 0.364. The van der Waals surface area contributed by atoms with Crippen LogP contribution in [0, 0.1) is 6.92 Å². The molecule has 0 aromatic heterocycles. The maximum atomic E-state index is 11.0. The van der Waals surface area contributed by atoms with Gasteiger partial charge in [-0.1, -0.05) is 12.1 Å². The van der Waals surface area contributed by atoms with Gasteiger partial charge in [-0.3, -0.25) is 4.79 Å². The highest BCUT2D eigenvalue weighted by Crippen LogP contribution is 2.24. The summed E-state index contributed by atoms with van der Waals surface area (Å²) in [6, 6.07) is 5.68. The largest absolute Gasteiger partial charge is 0.468 e. The van der Waals surface area contributed by atoms with Gasteiger partial charge in [0, 0.05) is 4.90 Å². The van der Waals surface area contributed by atoms with Gasteiger partial charge in [0.25, 0.3) is 0 Å². The van der Waals surface area contributed by atoms with Gasteiger partial charge in [-0.2, -0.15) is 0 Å². The van der Waals surface area contributed by atoms with Crippen molar-refractivity contribution in [2.75, 3.05) is 12.9 Å². The molecule has 1 N–H and O–H groups in total. The Morgan fingerprint density at radius 1 is 1.53 bits per heavy atom. The highest BCUT2D eigenvalue weighted by Gasteiger charge is 2.06. The van der Waals surface area contributed by atoms with E-state index in [0.717, 1.165) is 16.0 Å². The summed E-state index contributed by atoms with van der Waals surface area (Å²) in [4.78, 5) is 12.0. The average molecular weight is 226 g/mol. The van der Waals surface area contributed by atoms with Crippen molar-refractivity contribution < 1.29 is 14.6 Å². The number of hydrogen-bond acceptors (Lipinski definition) is 4. The Balaban J connectivity index is 2.73. The lowest BCUT2D eigenvalue weighted by Gasteiger charge is -2.08. The minimum Gasteiger partial charge on any atom is -0.468 e. The third-order valence-corrected chi connectivity index (χ3v) is 3.27. The van der Waals surface area contributed by atoms with Crippen molar-refractivity contribution in [3.8, 4) is 0 Å². The number of carbonyl (C=O) groups is 1. The number of benzene rings is 1. The fourth-order valence-corrected chi connectivity index (χ4v) is 2.10. The number of methoxy groups -OCH3 is 1. The highest BCUT2D eigenvalue weighted by molar-refractivity contribution is 8.00. The Morgan fingerprint density at radius 2 is 2.27 bits per heavy atom. The standard InChI is InChI=1S/C11H14O3S/c1-8-9(6-12)4-3-5-10(8)15-7-11(13)14-2/h3-5,12H,6-7H2,1-2H3. The van der Waals surface area contributed by atoms with Gasteiger partial charge in [0.2, 0.25) is 0 Å². The molecule has 0 aliphatic carbocycles. The molecule has 1 rings (SSSR count). The number of esters is 1. The minimum atomic E-state index is -0.242. The molecule has 0 fully saturated rings. The van der Waals surface area contributed by atoms with Crippen molar-refractivity contribution in [3.63, 3.8) is 0 Å². The molecule has 3 nitrogen and oxygen atoms in total. The summed E-state index contributed by atoms with van der Waals surface area (Å²) in [5, 5.41) is 9.07. The van der Waals surface area contributed by atoms with Crippen LogP contribution >= 0.6 is 11.8 Å². The van der Waals surface area contributed by atoms with Gasteiger partial charge in [0.1, 0.15) is 0 Å². The van der Waals surface area contributed by atoms with Gasteiger partial charge >= 0.3 is 5.97 Å². The molecule has 15 heavy (non-hydrogen) atoms. The Kier molecular flexibility index (Phi) is 4.65. The molecule has 0 bridgehead atoms. The summed E-state index contributed by atoms with van der Waals surface area (Å²) in [6.07, 6.45) is 0. The zero-order valence-corrected chi connectivity index (χ0v) is 9.63. The summed E-state index contributed by atoms with van der Waals surface area (Å²) in [6.45, 7) is 1.96. The van der Waals surface area contributed by atoms with Crippen molar-refractivity contribution in [2.24, 2.45) is 0 Å². The molecule has 0 radical (unpaired) electrons. The third-order valence-electron chi connectivity index (χ3n) is 2.14. The molecule has 0 atom stereocenters. The van der Waals surface area contributed by atoms with Gasteiger partial charge in [-0.25, -0.2) is 0 Å². The summed E-state index contributed by atoms with van der Waals surface area (Å²) < 4.78 is 4.56. The topological polar surface area (TPSA) is 46.5 Å². The number of rotatable bonds is 4.